The molecule has 0 heterocycles. The first-order valence-electron chi connectivity index (χ1n) is 7.59. The van der Waals surface area contributed by atoms with E-state index in [0.717, 1.165) is 32.4 Å². The zero-order chi connectivity index (χ0) is 15.3. The summed E-state index contributed by atoms with van der Waals surface area (Å²) in [6.07, 6.45) is 3.79. The van der Waals surface area contributed by atoms with Crippen molar-refractivity contribution in [3.8, 4) is 0 Å². The van der Waals surface area contributed by atoms with E-state index in [1.165, 1.54) is 7.11 Å². The van der Waals surface area contributed by atoms with E-state index in [1.54, 1.807) is 0 Å². The van der Waals surface area contributed by atoms with Gasteiger partial charge in [-0.1, -0.05) is 20.3 Å². The van der Waals surface area contributed by atoms with Crippen LogP contribution in [0.5, 0.6) is 0 Å². The lowest BCUT2D eigenvalue weighted by Gasteiger charge is -2.27. The molecule has 0 aliphatic carbocycles. The van der Waals surface area contributed by atoms with E-state index in [2.05, 4.69) is 19.2 Å². The summed E-state index contributed by atoms with van der Waals surface area (Å²) in [4.78, 5) is 11.8. The van der Waals surface area contributed by atoms with Gasteiger partial charge in [-0.05, 0) is 32.7 Å². The minimum Gasteiger partial charge on any atom is -0.468 e. The van der Waals surface area contributed by atoms with Crippen LogP contribution in [-0.4, -0.2) is 51.6 Å². The van der Waals surface area contributed by atoms with Crippen LogP contribution in [0.4, 0.5) is 0 Å². The van der Waals surface area contributed by atoms with Gasteiger partial charge in [0.05, 0.1) is 20.3 Å². The van der Waals surface area contributed by atoms with E-state index in [1.807, 2.05) is 6.92 Å². The van der Waals surface area contributed by atoms with Crippen LogP contribution in [0.3, 0.4) is 0 Å². The number of hydrogen-bond donors (Lipinski definition) is 1. The van der Waals surface area contributed by atoms with Crippen LogP contribution in [0.15, 0.2) is 0 Å². The molecule has 0 aliphatic rings. The first kappa shape index (κ1) is 19.4. The van der Waals surface area contributed by atoms with Gasteiger partial charge in [0.15, 0.2) is 0 Å². The first-order valence-corrected chi connectivity index (χ1v) is 7.59. The van der Waals surface area contributed by atoms with Gasteiger partial charge in [-0.25, -0.2) is 0 Å². The molecule has 0 saturated heterocycles. The molecule has 1 N–H and O–H groups in total. The molecule has 0 fully saturated rings. The lowest BCUT2D eigenvalue weighted by Crippen LogP contribution is -2.51. The monoisotopic (exact) mass is 289 g/mol. The Bertz CT molecular complexity index is 248. The molecule has 0 aromatic rings. The summed E-state index contributed by atoms with van der Waals surface area (Å²) >= 11 is 0. The van der Waals surface area contributed by atoms with Crippen LogP contribution >= 0.6 is 0 Å². The summed E-state index contributed by atoms with van der Waals surface area (Å²) in [6.45, 7) is 9.32. The molecule has 0 saturated carbocycles. The summed E-state index contributed by atoms with van der Waals surface area (Å²) in [5, 5.41) is 3.23. The van der Waals surface area contributed by atoms with Crippen molar-refractivity contribution < 1.29 is 19.0 Å². The molecule has 120 valence electrons. The molecule has 1 unspecified atom stereocenters. The summed E-state index contributed by atoms with van der Waals surface area (Å²) in [5.74, 6) is -0.242. The molecule has 5 nitrogen and oxygen atoms in total. The molecule has 5 heteroatoms. The molecule has 0 aliphatic heterocycles. The Hall–Kier alpha value is -0.650. The average molecular weight is 289 g/mol. The molecule has 0 rings (SSSR count). The Balaban J connectivity index is 3.82. The lowest BCUT2D eigenvalue weighted by atomic mass is 9.98. The predicted octanol–water partition coefficient (Wildman–Crippen LogP) is 2.14. The number of ether oxygens (including phenoxy) is 3. The highest BCUT2D eigenvalue weighted by Gasteiger charge is 2.33. The number of carbonyl (C=O) groups excluding carboxylic acids is 1. The van der Waals surface area contributed by atoms with Crippen LogP contribution in [-0.2, 0) is 19.0 Å². The Morgan fingerprint density at radius 2 is 1.70 bits per heavy atom. The van der Waals surface area contributed by atoms with Crippen molar-refractivity contribution >= 4 is 5.97 Å². The number of unbranched alkanes of at least 4 members (excludes halogenated alkanes) is 1. The number of carbonyl (C=O) groups is 1. The Kier molecular flexibility index (Phi) is 11.7. The fourth-order valence-corrected chi connectivity index (χ4v) is 1.73. The van der Waals surface area contributed by atoms with Gasteiger partial charge in [0, 0.05) is 13.2 Å². The number of methoxy groups -OCH3 is 1. The predicted molar refractivity (Wildman–Crippen MR) is 79.9 cm³/mol. The van der Waals surface area contributed by atoms with E-state index in [-0.39, 0.29) is 5.97 Å². The third-order valence-corrected chi connectivity index (χ3v) is 3.16. The third-order valence-electron chi connectivity index (χ3n) is 3.16. The van der Waals surface area contributed by atoms with Gasteiger partial charge in [0.25, 0.3) is 0 Å². The van der Waals surface area contributed by atoms with Gasteiger partial charge < -0.3 is 19.5 Å². The van der Waals surface area contributed by atoms with Crippen molar-refractivity contribution in [1.82, 2.24) is 5.32 Å². The van der Waals surface area contributed by atoms with Crippen molar-refractivity contribution in [2.45, 2.75) is 52.0 Å². The van der Waals surface area contributed by atoms with Gasteiger partial charge in [-0.2, -0.15) is 0 Å². The Morgan fingerprint density at radius 1 is 1.05 bits per heavy atom. The molecular weight excluding hydrogens is 258 g/mol. The quantitative estimate of drug-likeness (QED) is 0.416. The maximum absolute atomic E-state index is 11.8. The number of nitrogens with one attached hydrogen (secondary N) is 1. The SMILES string of the molecule is CCCCOCCOCCC(C)(NCCC)C(=O)OC. The normalized spacial score (nSPS) is 14.0. The van der Waals surface area contributed by atoms with Crippen molar-refractivity contribution in [3.63, 3.8) is 0 Å². The van der Waals surface area contributed by atoms with Crippen LogP contribution < -0.4 is 5.32 Å². The second-order valence-electron chi connectivity index (χ2n) is 5.08. The summed E-state index contributed by atoms with van der Waals surface area (Å²) in [5.41, 5.74) is -0.673. The number of esters is 1. The molecule has 0 spiro atoms. The third kappa shape index (κ3) is 8.51. The van der Waals surface area contributed by atoms with Gasteiger partial charge in [0.1, 0.15) is 5.54 Å². The van der Waals surface area contributed by atoms with Gasteiger partial charge in [-0.15, -0.1) is 0 Å². The molecule has 0 aromatic heterocycles. The fourth-order valence-electron chi connectivity index (χ4n) is 1.73. The Labute approximate surface area is 123 Å². The van der Waals surface area contributed by atoms with Crippen molar-refractivity contribution in [3.05, 3.63) is 0 Å². The van der Waals surface area contributed by atoms with Crippen molar-refractivity contribution in [1.29, 1.82) is 0 Å². The van der Waals surface area contributed by atoms with Crippen LogP contribution in [0.25, 0.3) is 0 Å². The molecule has 20 heavy (non-hydrogen) atoms. The van der Waals surface area contributed by atoms with Gasteiger partial charge in [-0.3, -0.25) is 4.79 Å². The minimum absolute atomic E-state index is 0.242. The zero-order valence-electron chi connectivity index (χ0n) is 13.5. The lowest BCUT2D eigenvalue weighted by molar-refractivity contribution is -0.148. The summed E-state index contributed by atoms with van der Waals surface area (Å²) in [6, 6.07) is 0. The van der Waals surface area contributed by atoms with E-state index in [0.29, 0.717) is 26.2 Å². The van der Waals surface area contributed by atoms with E-state index < -0.39 is 5.54 Å². The van der Waals surface area contributed by atoms with Crippen molar-refractivity contribution in [2.75, 3.05) is 40.1 Å². The summed E-state index contributed by atoms with van der Waals surface area (Å²) in [7, 11) is 1.41. The van der Waals surface area contributed by atoms with Gasteiger partial charge in [0.2, 0.25) is 0 Å². The molecule has 0 radical (unpaired) electrons. The van der Waals surface area contributed by atoms with Gasteiger partial charge >= 0.3 is 5.97 Å². The maximum atomic E-state index is 11.8. The molecule has 0 bridgehead atoms. The van der Waals surface area contributed by atoms with Crippen molar-refractivity contribution in [2.24, 2.45) is 0 Å². The molecule has 0 amide bonds. The molecular formula is C15H31NO4. The average Bonchev–Trinajstić information content (AvgIpc) is 2.47. The first-order chi connectivity index (χ1) is 9.60. The molecule has 0 aromatic carbocycles. The maximum Gasteiger partial charge on any atom is 0.325 e. The van der Waals surface area contributed by atoms with Crippen LogP contribution in [0.1, 0.15) is 46.5 Å². The van der Waals surface area contributed by atoms with E-state index in [9.17, 15) is 4.79 Å². The second kappa shape index (κ2) is 12.1. The smallest absolute Gasteiger partial charge is 0.325 e. The highest BCUT2D eigenvalue weighted by Crippen LogP contribution is 2.12. The zero-order valence-corrected chi connectivity index (χ0v) is 13.5. The number of rotatable bonds is 13. The number of hydrogen-bond acceptors (Lipinski definition) is 5. The standard InChI is InChI=1S/C15H31NO4/c1-5-7-10-19-12-13-20-11-8-15(3,14(17)18-4)16-9-6-2/h16H,5-13H2,1-4H3. The second-order valence-corrected chi connectivity index (χ2v) is 5.08. The van der Waals surface area contributed by atoms with E-state index >= 15 is 0 Å². The summed E-state index contributed by atoms with van der Waals surface area (Å²) < 4.78 is 15.8. The largest absolute Gasteiger partial charge is 0.468 e. The topological polar surface area (TPSA) is 56.8 Å². The van der Waals surface area contributed by atoms with E-state index in [4.69, 9.17) is 14.2 Å². The Morgan fingerprint density at radius 3 is 2.25 bits per heavy atom. The van der Waals surface area contributed by atoms with Crippen LogP contribution in [0, 0.1) is 0 Å². The highest BCUT2D eigenvalue weighted by atomic mass is 16.5. The fraction of sp³-hybridized carbons (Fsp3) is 0.933. The highest BCUT2D eigenvalue weighted by molar-refractivity contribution is 5.80. The minimum atomic E-state index is -0.673. The molecule has 1 atom stereocenters. The van der Waals surface area contributed by atoms with Crippen LogP contribution in [0.2, 0.25) is 0 Å².